The van der Waals surface area contributed by atoms with Gasteiger partial charge in [0.25, 0.3) is 5.91 Å². The number of hydrogen-bond donors (Lipinski definition) is 2. The number of aromatic nitrogens is 2. The first-order valence-corrected chi connectivity index (χ1v) is 5.43. The van der Waals surface area contributed by atoms with E-state index in [2.05, 4.69) is 15.5 Å². The number of aryl methyl sites for hydroxylation is 1. The lowest BCUT2D eigenvalue weighted by Gasteiger charge is -2.07. The van der Waals surface area contributed by atoms with Crippen molar-refractivity contribution >= 4 is 16.8 Å². The van der Waals surface area contributed by atoms with E-state index in [1.807, 2.05) is 19.1 Å². The third-order valence-corrected chi connectivity index (χ3v) is 2.62. The summed E-state index contributed by atoms with van der Waals surface area (Å²) >= 11 is 0. The highest BCUT2D eigenvalue weighted by Gasteiger charge is 2.10. The molecule has 0 saturated carbocycles. The first kappa shape index (κ1) is 11.6. The van der Waals surface area contributed by atoms with E-state index in [0.29, 0.717) is 18.7 Å². The largest absolute Gasteiger partial charge is 0.383 e. The van der Waals surface area contributed by atoms with Crippen LogP contribution in [0.1, 0.15) is 15.9 Å². The molecule has 2 aromatic rings. The Morgan fingerprint density at radius 1 is 1.53 bits per heavy atom. The Morgan fingerprint density at radius 2 is 2.35 bits per heavy atom. The number of ether oxygens (including phenoxy) is 1. The minimum atomic E-state index is -0.0809. The van der Waals surface area contributed by atoms with E-state index in [-0.39, 0.29) is 5.91 Å². The van der Waals surface area contributed by atoms with E-state index < -0.39 is 0 Å². The fourth-order valence-corrected chi connectivity index (χ4v) is 1.71. The number of nitrogens with zero attached hydrogens (tertiary/aromatic N) is 1. The zero-order valence-electron chi connectivity index (χ0n) is 9.91. The van der Waals surface area contributed by atoms with Crippen LogP contribution in [-0.4, -0.2) is 36.4 Å². The highest BCUT2D eigenvalue weighted by Crippen LogP contribution is 2.17. The van der Waals surface area contributed by atoms with Crippen molar-refractivity contribution in [1.82, 2.24) is 15.5 Å². The topological polar surface area (TPSA) is 67.0 Å². The van der Waals surface area contributed by atoms with E-state index in [1.54, 1.807) is 13.3 Å². The molecule has 1 amide bonds. The predicted molar refractivity (Wildman–Crippen MR) is 65.0 cm³/mol. The van der Waals surface area contributed by atoms with Gasteiger partial charge in [-0.15, -0.1) is 0 Å². The molecular formula is C12H15N3O2. The first-order valence-electron chi connectivity index (χ1n) is 5.43. The third kappa shape index (κ3) is 2.45. The van der Waals surface area contributed by atoms with Gasteiger partial charge in [0, 0.05) is 24.6 Å². The summed E-state index contributed by atoms with van der Waals surface area (Å²) in [5, 5.41) is 10.6. The smallest absolute Gasteiger partial charge is 0.251 e. The maximum atomic E-state index is 11.9. The summed E-state index contributed by atoms with van der Waals surface area (Å²) in [7, 11) is 1.61. The van der Waals surface area contributed by atoms with Gasteiger partial charge in [0.1, 0.15) is 0 Å². The molecule has 0 unspecified atom stereocenters. The van der Waals surface area contributed by atoms with Gasteiger partial charge in [-0.1, -0.05) is 0 Å². The SMILES string of the molecule is COCCNC(=O)c1cc2cn[nH]c2cc1C. The molecule has 1 heterocycles. The Labute approximate surface area is 99.2 Å². The number of methoxy groups -OCH3 is 1. The van der Waals surface area contributed by atoms with Crippen LogP contribution in [-0.2, 0) is 4.74 Å². The van der Waals surface area contributed by atoms with Crippen LogP contribution in [0.4, 0.5) is 0 Å². The van der Waals surface area contributed by atoms with Gasteiger partial charge in [0.15, 0.2) is 0 Å². The minimum absolute atomic E-state index is 0.0809. The summed E-state index contributed by atoms with van der Waals surface area (Å²) in [5.41, 5.74) is 2.54. The van der Waals surface area contributed by atoms with Crippen molar-refractivity contribution in [3.8, 4) is 0 Å². The van der Waals surface area contributed by atoms with Crippen LogP contribution < -0.4 is 5.32 Å². The maximum absolute atomic E-state index is 11.9. The summed E-state index contributed by atoms with van der Waals surface area (Å²) in [4.78, 5) is 11.9. The molecule has 0 aliphatic heterocycles. The number of fused-ring (bicyclic) bond motifs is 1. The van der Waals surface area contributed by atoms with E-state index in [9.17, 15) is 4.79 Å². The number of aromatic amines is 1. The van der Waals surface area contributed by atoms with E-state index in [1.165, 1.54) is 0 Å². The molecule has 5 nitrogen and oxygen atoms in total. The van der Waals surface area contributed by atoms with Crippen molar-refractivity contribution in [2.75, 3.05) is 20.3 Å². The van der Waals surface area contributed by atoms with Crippen molar-refractivity contribution in [2.24, 2.45) is 0 Å². The summed E-state index contributed by atoms with van der Waals surface area (Å²) < 4.78 is 4.89. The predicted octanol–water partition coefficient (Wildman–Crippen LogP) is 1.25. The molecule has 0 fully saturated rings. The minimum Gasteiger partial charge on any atom is -0.383 e. The van der Waals surface area contributed by atoms with Gasteiger partial charge >= 0.3 is 0 Å². The number of hydrogen-bond acceptors (Lipinski definition) is 3. The highest BCUT2D eigenvalue weighted by atomic mass is 16.5. The van der Waals surface area contributed by atoms with Crippen LogP contribution in [0.2, 0.25) is 0 Å². The molecule has 2 rings (SSSR count). The number of carbonyl (C=O) groups is 1. The van der Waals surface area contributed by atoms with Crippen LogP contribution in [0.25, 0.3) is 10.9 Å². The monoisotopic (exact) mass is 233 g/mol. The number of benzene rings is 1. The molecule has 0 radical (unpaired) electrons. The second-order valence-corrected chi connectivity index (χ2v) is 3.87. The van der Waals surface area contributed by atoms with Crippen molar-refractivity contribution in [3.63, 3.8) is 0 Å². The average Bonchev–Trinajstić information content (AvgIpc) is 2.75. The lowest BCUT2D eigenvalue weighted by atomic mass is 10.1. The molecule has 0 aliphatic rings. The Balaban J connectivity index is 2.21. The Hall–Kier alpha value is -1.88. The van der Waals surface area contributed by atoms with Crippen LogP contribution in [0.3, 0.4) is 0 Å². The van der Waals surface area contributed by atoms with Crippen LogP contribution >= 0.6 is 0 Å². The van der Waals surface area contributed by atoms with Gasteiger partial charge in [0.05, 0.1) is 18.3 Å². The normalized spacial score (nSPS) is 10.7. The Morgan fingerprint density at radius 3 is 3.12 bits per heavy atom. The van der Waals surface area contributed by atoms with Crippen molar-refractivity contribution in [2.45, 2.75) is 6.92 Å². The fraction of sp³-hybridized carbons (Fsp3) is 0.333. The molecule has 0 atom stereocenters. The molecule has 0 bridgehead atoms. The van der Waals surface area contributed by atoms with Crippen molar-refractivity contribution in [3.05, 3.63) is 29.5 Å². The van der Waals surface area contributed by atoms with Gasteiger partial charge in [0.2, 0.25) is 0 Å². The molecule has 90 valence electrons. The second-order valence-electron chi connectivity index (χ2n) is 3.87. The summed E-state index contributed by atoms with van der Waals surface area (Å²) in [5.74, 6) is -0.0809. The van der Waals surface area contributed by atoms with Crippen molar-refractivity contribution < 1.29 is 9.53 Å². The maximum Gasteiger partial charge on any atom is 0.251 e. The zero-order valence-corrected chi connectivity index (χ0v) is 9.91. The molecule has 1 aromatic heterocycles. The van der Waals surface area contributed by atoms with E-state index in [4.69, 9.17) is 4.74 Å². The Bertz CT molecular complexity index is 534. The van der Waals surface area contributed by atoms with Gasteiger partial charge in [-0.05, 0) is 24.6 Å². The molecule has 0 spiro atoms. The van der Waals surface area contributed by atoms with Gasteiger partial charge < -0.3 is 10.1 Å². The fourth-order valence-electron chi connectivity index (χ4n) is 1.71. The quantitative estimate of drug-likeness (QED) is 0.781. The van der Waals surface area contributed by atoms with Gasteiger partial charge in [-0.2, -0.15) is 5.10 Å². The first-order chi connectivity index (χ1) is 8.22. The van der Waals surface area contributed by atoms with Gasteiger partial charge in [-0.25, -0.2) is 0 Å². The van der Waals surface area contributed by atoms with E-state index >= 15 is 0 Å². The summed E-state index contributed by atoms with van der Waals surface area (Å²) in [6, 6.07) is 3.77. The van der Waals surface area contributed by atoms with Crippen LogP contribution in [0.5, 0.6) is 0 Å². The van der Waals surface area contributed by atoms with Crippen LogP contribution in [0, 0.1) is 6.92 Å². The third-order valence-electron chi connectivity index (χ3n) is 2.62. The molecule has 0 aliphatic carbocycles. The number of nitrogens with one attached hydrogen (secondary N) is 2. The van der Waals surface area contributed by atoms with Crippen LogP contribution in [0.15, 0.2) is 18.3 Å². The standard InChI is InChI=1S/C12H15N3O2/c1-8-5-11-9(7-14-15-11)6-10(8)12(16)13-3-4-17-2/h5-7H,3-4H2,1-2H3,(H,13,16)(H,14,15). The summed E-state index contributed by atoms with van der Waals surface area (Å²) in [6.07, 6.45) is 1.71. The zero-order chi connectivity index (χ0) is 12.3. The van der Waals surface area contributed by atoms with E-state index in [0.717, 1.165) is 16.5 Å². The van der Waals surface area contributed by atoms with Crippen molar-refractivity contribution in [1.29, 1.82) is 0 Å². The summed E-state index contributed by atoms with van der Waals surface area (Å²) in [6.45, 7) is 2.93. The average molecular weight is 233 g/mol. The number of H-pyrrole nitrogens is 1. The molecule has 5 heteroatoms. The molecular weight excluding hydrogens is 218 g/mol. The highest BCUT2D eigenvalue weighted by molar-refractivity contribution is 5.99. The molecule has 1 aromatic carbocycles. The molecule has 17 heavy (non-hydrogen) atoms. The van der Waals surface area contributed by atoms with Gasteiger partial charge in [-0.3, -0.25) is 9.89 Å². The molecule has 0 saturated heterocycles. The lowest BCUT2D eigenvalue weighted by molar-refractivity contribution is 0.0936. The molecule has 2 N–H and O–H groups in total. The number of rotatable bonds is 4. The Kier molecular flexibility index (Phi) is 3.39. The number of amides is 1. The number of carbonyl (C=O) groups excluding carboxylic acids is 1. The second kappa shape index (κ2) is 4.97. The lowest BCUT2D eigenvalue weighted by Crippen LogP contribution is -2.27.